The minimum Gasteiger partial charge on any atom is -0.371 e. The first-order chi connectivity index (χ1) is 11.1. The van der Waals surface area contributed by atoms with Gasteiger partial charge in [-0.1, -0.05) is 6.07 Å². The van der Waals surface area contributed by atoms with Crippen molar-refractivity contribution in [1.82, 2.24) is 15.5 Å². The summed E-state index contributed by atoms with van der Waals surface area (Å²) in [5.74, 6) is -1.55. The van der Waals surface area contributed by atoms with E-state index in [1.54, 1.807) is 12.1 Å². The number of nitrogens with zero attached hydrogens (tertiary/aromatic N) is 2. The number of aromatic nitrogens is 2. The van der Waals surface area contributed by atoms with E-state index in [2.05, 4.69) is 20.8 Å². The van der Waals surface area contributed by atoms with Crippen LogP contribution in [0.4, 0.5) is 19.4 Å². The van der Waals surface area contributed by atoms with Crippen LogP contribution in [0.5, 0.6) is 0 Å². The molecule has 2 atom stereocenters. The van der Waals surface area contributed by atoms with Crippen molar-refractivity contribution in [3.05, 3.63) is 53.7 Å². The van der Waals surface area contributed by atoms with Crippen LogP contribution in [0.25, 0.3) is 0 Å². The number of anilines is 1. The first-order valence-corrected chi connectivity index (χ1v) is 7.05. The number of amides is 2. The Kier molecular flexibility index (Phi) is 4.42. The van der Waals surface area contributed by atoms with Crippen LogP contribution in [0.1, 0.15) is 18.1 Å². The number of hydrogen-bond acceptors (Lipinski definition) is 4. The van der Waals surface area contributed by atoms with Gasteiger partial charge >= 0.3 is 6.03 Å². The highest BCUT2D eigenvalue weighted by Crippen LogP contribution is 2.30. The number of rotatable bonds is 3. The topological polar surface area (TPSA) is 76.1 Å². The highest BCUT2D eigenvalue weighted by Gasteiger charge is 2.31. The summed E-state index contributed by atoms with van der Waals surface area (Å²) in [7, 11) is 0. The van der Waals surface area contributed by atoms with E-state index in [0.29, 0.717) is 24.4 Å². The molecule has 2 aromatic rings. The quantitative estimate of drug-likeness (QED) is 0.910. The first kappa shape index (κ1) is 15.3. The number of carbonyl (C=O) groups is 1. The van der Waals surface area contributed by atoms with Crippen LogP contribution in [-0.4, -0.2) is 28.9 Å². The fourth-order valence-corrected chi connectivity index (χ4v) is 2.44. The summed E-state index contributed by atoms with van der Waals surface area (Å²) in [6.45, 7) is 0.416. The number of ether oxygens (including phenoxy) is 1. The van der Waals surface area contributed by atoms with Crippen LogP contribution in [0, 0.1) is 11.6 Å². The van der Waals surface area contributed by atoms with Gasteiger partial charge in [0.1, 0.15) is 6.10 Å². The van der Waals surface area contributed by atoms with Crippen LogP contribution in [0.15, 0.2) is 36.5 Å². The van der Waals surface area contributed by atoms with Gasteiger partial charge in [-0.25, -0.2) is 13.6 Å². The molecule has 3 rings (SSSR count). The van der Waals surface area contributed by atoms with Gasteiger partial charge in [-0.15, -0.1) is 5.10 Å². The van der Waals surface area contributed by atoms with E-state index in [4.69, 9.17) is 4.74 Å². The fourth-order valence-electron chi connectivity index (χ4n) is 2.44. The predicted molar refractivity (Wildman–Crippen MR) is 77.6 cm³/mol. The predicted octanol–water partition coefficient (Wildman–Crippen LogP) is 2.41. The highest BCUT2D eigenvalue weighted by atomic mass is 19.2. The minimum absolute atomic E-state index is 0.313. The molecule has 0 radical (unpaired) electrons. The first-order valence-electron chi connectivity index (χ1n) is 7.05. The molecule has 0 unspecified atom stereocenters. The van der Waals surface area contributed by atoms with Gasteiger partial charge in [-0.05, 0) is 36.2 Å². The van der Waals surface area contributed by atoms with Crippen molar-refractivity contribution in [3.63, 3.8) is 0 Å². The lowest BCUT2D eigenvalue weighted by Gasteiger charge is -2.20. The monoisotopic (exact) mass is 320 g/mol. The van der Waals surface area contributed by atoms with Crippen LogP contribution >= 0.6 is 0 Å². The SMILES string of the molecule is O=C(Nc1cccnn1)N[C@@H]1CCO[C@H]1c1ccc(F)c(F)c1. The summed E-state index contributed by atoms with van der Waals surface area (Å²) < 4.78 is 31.9. The molecule has 0 bridgehead atoms. The maximum atomic E-state index is 13.4. The average molecular weight is 320 g/mol. The second-order valence-corrected chi connectivity index (χ2v) is 5.07. The molecule has 2 heterocycles. The molecule has 1 aliphatic rings. The average Bonchev–Trinajstić information content (AvgIpc) is 2.99. The Balaban J connectivity index is 1.67. The minimum atomic E-state index is -0.944. The molecule has 1 aliphatic heterocycles. The molecular formula is C15H14F2N4O2. The molecule has 1 saturated heterocycles. The largest absolute Gasteiger partial charge is 0.371 e. The molecule has 1 aromatic carbocycles. The number of urea groups is 1. The number of halogens is 2. The third-order valence-corrected chi connectivity index (χ3v) is 3.49. The third kappa shape index (κ3) is 3.59. The van der Waals surface area contributed by atoms with E-state index in [0.717, 1.165) is 12.1 Å². The van der Waals surface area contributed by atoms with Crippen molar-refractivity contribution in [1.29, 1.82) is 0 Å². The van der Waals surface area contributed by atoms with Crippen molar-refractivity contribution >= 4 is 11.8 Å². The molecule has 0 aliphatic carbocycles. The Labute approximate surface area is 130 Å². The lowest BCUT2D eigenvalue weighted by molar-refractivity contribution is 0.100. The molecular weight excluding hydrogens is 306 g/mol. The zero-order valence-corrected chi connectivity index (χ0v) is 12.0. The van der Waals surface area contributed by atoms with E-state index in [1.165, 1.54) is 12.3 Å². The van der Waals surface area contributed by atoms with Gasteiger partial charge in [0.05, 0.1) is 6.04 Å². The Morgan fingerprint density at radius 2 is 2.13 bits per heavy atom. The van der Waals surface area contributed by atoms with Crippen molar-refractivity contribution in [3.8, 4) is 0 Å². The van der Waals surface area contributed by atoms with Crippen LogP contribution in [-0.2, 0) is 4.74 Å². The Morgan fingerprint density at radius 1 is 1.26 bits per heavy atom. The fraction of sp³-hybridized carbons (Fsp3) is 0.267. The molecule has 120 valence electrons. The van der Waals surface area contributed by atoms with E-state index < -0.39 is 23.8 Å². The maximum absolute atomic E-state index is 13.4. The van der Waals surface area contributed by atoms with Gasteiger partial charge < -0.3 is 10.1 Å². The van der Waals surface area contributed by atoms with Gasteiger partial charge in [-0.3, -0.25) is 5.32 Å². The van der Waals surface area contributed by atoms with E-state index >= 15 is 0 Å². The van der Waals surface area contributed by atoms with E-state index in [-0.39, 0.29) is 6.04 Å². The van der Waals surface area contributed by atoms with Gasteiger partial charge in [0.15, 0.2) is 17.5 Å². The molecule has 2 amide bonds. The van der Waals surface area contributed by atoms with Gasteiger partial charge in [0.2, 0.25) is 0 Å². The zero-order valence-electron chi connectivity index (χ0n) is 12.0. The highest BCUT2D eigenvalue weighted by molar-refractivity contribution is 5.88. The van der Waals surface area contributed by atoms with Crippen LogP contribution in [0.2, 0.25) is 0 Å². The normalized spacial score (nSPS) is 20.3. The molecule has 8 heteroatoms. The summed E-state index contributed by atoms with van der Waals surface area (Å²) in [5, 5.41) is 12.7. The van der Waals surface area contributed by atoms with E-state index in [1.807, 2.05) is 0 Å². The molecule has 1 aromatic heterocycles. The molecule has 1 fully saturated rings. The van der Waals surface area contributed by atoms with Crippen molar-refractivity contribution in [2.45, 2.75) is 18.6 Å². The lowest BCUT2D eigenvalue weighted by atomic mass is 10.0. The van der Waals surface area contributed by atoms with Crippen molar-refractivity contribution in [2.75, 3.05) is 11.9 Å². The Hall–Kier alpha value is -2.61. The van der Waals surface area contributed by atoms with Gasteiger partial charge in [0, 0.05) is 12.8 Å². The lowest BCUT2D eigenvalue weighted by Crippen LogP contribution is -2.39. The molecule has 6 nitrogen and oxygen atoms in total. The molecule has 0 spiro atoms. The number of nitrogens with one attached hydrogen (secondary N) is 2. The zero-order chi connectivity index (χ0) is 16.2. The van der Waals surface area contributed by atoms with Gasteiger partial charge in [0.25, 0.3) is 0 Å². The summed E-state index contributed by atoms with van der Waals surface area (Å²) in [5.41, 5.74) is 0.478. The molecule has 2 N–H and O–H groups in total. The standard InChI is InChI=1S/C15H14F2N4O2/c16-10-4-3-9(8-11(10)17)14-12(5-7-23-14)19-15(22)20-13-2-1-6-18-21-13/h1-4,6,8,12,14H,5,7H2,(H2,19,20,21,22)/t12-,14+/m1/s1. The summed E-state index contributed by atoms with van der Waals surface area (Å²) in [6.07, 6.45) is 1.53. The van der Waals surface area contributed by atoms with Crippen LogP contribution in [0.3, 0.4) is 0 Å². The number of benzene rings is 1. The summed E-state index contributed by atoms with van der Waals surface area (Å²) >= 11 is 0. The Bertz CT molecular complexity index is 699. The van der Waals surface area contributed by atoms with Crippen LogP contribution < -0.4 is 10.6 Å². The number of hydrogen-bond donors (Lipinski definition) is 2. The van der Waals surface area contributed by atoms with E-state index in [9.17, 15) is 13.6 Å². The Morgan fingerprint density at radius 3 is 2.87 bits per heavy atom. The number of carbonyl (C=O) groups excluding carboxylic acids is 1. The molecule has 23 heavy (non-hydrogen) atoms. The molecule has 0 saturated carbocycles. The van der Waals surface area contributed by atoms with Crippen molar-refractivity contribution < 1.29 is 18.3 Å². The third-order valence-electron chi connectivity index (χ3n) is 3.49. The summed E-state index contributed by atoms with van der Waals surface area (Å²) in [6, 6.07) is 6.01. The van der Waals surface area contributed by atoms with Gasteiger partial charge in [-0.2, -0.15) is 5.10 Å². The maximum Gasteiger partial charge on any atom is 0.320 e. The second-order valence-electron chi connectivity index (χ2n) is 5.07. The van der Waals surface area contributed by atoms with Crippen molar-refractivity contribution in [2.24, 2.45) is 0 Å². The second kappa shape index (κ2) is 6.66. The summed E-state index contributed by atoms with van der Waals surface area (Å²) in [4.78, 5) is 12.0. The smallest absolute Gasteiger partial charge is 0.320 e.